The molecule has 2 aromatic carbocycles. The Balaban J connectivity index is 1.63. The van der Waals surface area contributed by atoms with Gasteiger partial charge in [0.15, 0.2) is 11.6 Å². The molecule has 1 fully saturated rings. The number of benzene rings is 2. The van der Waals surface area contributed by atoms with Crippen molar-refractivity contribution in [2.45, 2.75) is 19.5 Å². The smallest absolute Gasteiger partial charge is 0.224 e. The van der Waals surface area contributed by atoms with Gasteiger partial charge in [0.05, 0.1) is 7.11 Å². The summed E-state index contributed by atoms with van der Waals surface area (Å²) in [4.78, 5) is 16.5. The number of rotatable bonds is 5. The highest BCUT2D eigenvalue weighted by Gasteiger charge is 2.22. The molecule has 0 saturated carbocycles. The van der Waals surface area contributed by atoms with Gasteiger partial charge in [0.1, 0.15) is 0 Å². The van der Waals surface area contributed by atoms with E-state index in [1.165, 1.54) is 13.2 Å². The summed E-state index contributed by atoms with van der Waals surface area (Å²) in [6, 6.07) is 12.5. The van der Waals surface area contributed by atoms with Crippen molar-refractivity contribution in [2.75, 3.05) is 26.7 Å². The van der Waals surface area contributed by atoms with Crippen LogP contribution in [0.4, 0.5) is 4.39 Å². The van der Waals surface area contributed by atoms with Gasteiger partial charge in [-0.05, 0) is 29.3 Å². The van der Waals surface area contributed by atoms with Crippen LogP contribution < -0.4 is 4.74 Å². The predicted octanol–water partition coefficient (Wildman–Crippen LogP) is 3.72. The number of carbonyl (C=O) groups is 1. The summed E-state index contributed by atoms with van der Waals surface area (Å²) in [5, 5.41) is 0.680. The SMILES string of the molecule is COc1cc(CN2CCC(=O)N(Cc3ccccc3Cl)CC2)ccc1F. The number of hydrogen-bond acceptors (Lipinski definition) is 3. The van der Waals surface area contributed by atoms with Crippen molar-refractivity contribution in [3.63, 3.8) is 0 Å². The van der Waals surface area contributed by atoms with E-state index in [4.69, 9.17) is 16.3 Å². The molecule has 0 bridgehead atoms. The number of hydrogen-bond donors (Lipinski definition) is 0. The van der Waals surface area contributed by atoms with Crippen LogP contribution in [0, 0.1) is 5.82 Å². The van der Waals surface area contributed by atoms with Gasteiger partial charge in [-0.25, -0.2) is 4.39 Å². The third kappa shape index (κ3) is 4.54. The van der Waals surface area contributed by atoms with Crippen LogP contribution in [0.3, 0.4) is 0 Å². The Hall–Kier alpha value is -2.11. The Morgan fingerprint density at radius 2 is 1.92 bits per heavy atom. The van der Waals surface area contributed by atoms with Crippen molar-refractivity contribution >= 4 is 17.5 Å². The summed E-state index contributed by atoms with van der Waals surface area (Å²) in [6.07, 6.45) is 0.461. The molecule has 6 heteroatoms. The van der Waals surface area contributed by atoms with Gasteiger partial charge in [-0.1, -0.05) is 35.9 Å². The number of nitrogens with zero attached hydrogens (tertiary/aromatic N) is 2. The average Bonchev–Trinajstić information content (AvgIpc) is 2.81. The summed E-state index contributed by atoms with van der Waals surface area (Å²) in [7, 11) is 1.46. The van der Waals surface area contributed by atoms with Gasteiger partial charge >= 0.3 is 0 Å². The Labute approximate surface area is 158 Å². The zero-order chi connectivity index (χ0) is 18.5. The fourth-order valence-corrected chi connectivity index (χ4v) is 3.32. The standard InChI is InChI=1S/C20H22ClFN2O2/c1-26-19-12-15(6-7-18(19)22)13-23-9-8-20(25)24(11-10-23)14-16-4-2-3-5-17(16)21/h2-7,12H,8-11,13-14H2,1H3. The minimum atomic E-state index is -0.367. The fourth-order valence-electron chi connectivity index (χ4n) is 3.13. The molecule has 0 spiro atoms. The molecule has 1 amide bonds. The van der Waals surface area contributed by atoms with Gasteiger partial charge in [0, 0.05) is 44.2 Å². The maximum absolute atomic E-state index is 13.6. The van der Waals surface area contributed by atoms with Crippen molar-refractivity contribution in [3.05, 3.63) is 64.4 Å². The van der Waals surface area contributed by atoms with Gasteiger partial charge < -0.3 is 9.64 Å². The summed E-state index contributed by atoms with van der Waals surface area (Å²) in [6.45, 7) is 3.26. The zero-order valence-electron chi connectivity index (χ0n) is 14.8. The predicted molar refractivity (Wildman–Crippen MR) is 99.7 cm³/mol. The summed E-state index contributed by atoms with van der Waals surface area (Å²) in [5.41, 5.74) is 1.93. The van der Waals surface area contributed by atoms with Crippen LogP contribution >= 0.6 is 11.6 Å². The second kappa shape index (κ2) is 8.52. The van der Waals surface area contributed by atoms with Crippen molar-refractivity contribution < 1.29 is 13.9 Å². The van der Waals surface area contributed by atoms with E-state index in [1.54, 1.807) is 12.1 Å². The van der Waals surface area contributed by atoms with Gasteiger partial charge in [0.2, 0.25) is 5.91 Å². The van der Waals surface area contributed by atoms with Crippen LogP contribution in [0.5, 0.6) is 5.75 Å². The largest absolute Gasteiger partial charge is 0.494 e. The molecule has 0 unspecified atom stereocenters. The van der Waals surface area contributed by atoms with Gasteiger partial charge in [-0.3, -0.25) is 9.69 Å². The highest BCUT2D eigenvalue weighted by atomic mass is 35.5. The van der Waals surface area contributed by atoms with Crippen LogP contribution in [0.2, 0.25) is 5.02 Å². The van der Waals surface area contributed by atoms with Gasteiger partial charge in [-0.2, -0.15) is 0 Å². The normalized spacial score (nSPS) is 15.8. The second-order valence-electron chi connectivity index (χ2n) is 6.40. The maximum Gasteiger partial charge on any atom is 0.224 e. The molecule has 1 aliphatic rings. The lowest BCUT2D eigenvalue weighted by molar-refractivity contribution is -0.130. The lowest BCUT2D eigenvalue weighted by atomic mass is 10.2. The highest BCUT2D eigenvalue weighted by molar-refractivity contribution is 6.31. The number of amides is 1. The number of ether oxygens (including phenoxy) is 1. The summed E-state index contributed by atoms with van der Waals surface area (Å²) < 4.78 is 18.6. The number of halogens is 2. The van der Waals surface area contributed by atoms with Crippen LogP contribution in [-0.2, 0) is 17.9 Å². The molecule has 26 heavy (non-hydrogen) atoms. The Morgan fingerprint density at radius 3 is 2.69 bits per heavy atom. The monoisotopic (exact) mass is 376 g/mol. The Bertz CT molecular complexity index is 784. The first-order chi connectivity index (χ1) is 12.6. The molecule has 3 rings (SSSR count). The zero-order valence-corrected chi connectivity index (χ0v) is 15.5. The van der Waals surface area contributed by atoms with Crippen LogP contribution in [0.25, 0.3) is 0 Å². The van der Waals surface area contributed by atoms with Crippen molar-refractivity contribution in [3.8, 4) is 5.75 Å². The topological polar surface area (TPSA) is 32.8 Å². The molecule has 0 aliphatic carbocycles. The first-order valence-corrected chi connectivity index (χ1v) is 9.00. The molecule has 0 radical (unpaired) electrons. The van der Waals surface area contributed by atoms with Crippen molar-refractivity contribution in [1.82, 2.24) is 9.80 Å². The molecule has 4 nitrogen and oxygen atoms in total. The van der Waals surface area contributed by atoms with Crippen LogP contribution in [-0.4, -0.2) is 42.5 Å². The third-order valence-electron chi connectivity index (χ3n) is 4.62. The highest BCUT2D eigenvalue weighted by Crippen LogP contribution is 2.21. The summed E-state index contributed by atoms with van der Waals surface area (Å²) >= 11 is 6.22. The van der Waals surface area contributed by atoms with Crippen LogP contribution in [0.15, 0.2) is 42.5 Å². The fraction of sp³-hybridized carbons (Fsp3) is 0.350. The first-order valence-electron chi connectivity index (χ1n) is 8.63. The van der Waals surface area contributed by atoms with E-state index in [-0.39, 0.29) is 17.5 Å². The molecule has 0 N–H and O–H groups in total. The van der Waals surface area contributed by atoms with Gasteiger partial charge in [-0.15, -0.1) is 0 Å². The van der Waals surface area contributed by atoms with E-state index in [9.17, 15) is 9.18 Å². The second-order valence-corrected chi connectivity index (χ2v) is 6.81. The van der Waals surface area contributed by atoms with E-state index >= 15 is 0 Å². The molecule has 1 saturated heterocycles. The quantitative estimate of drug-likeness (QED) is 0.797. The molecule has 0 atom stereocenters. The average molecular weight is 377 g/mol. The van der Waals surface area contributed by atoms with E-state index in [2.05, 4.69) is 4.90 Å². The number of carbonyl (C=O) groups excluding carboxylic acids is 1. The first kappa shape index (κ1) is 18.7. The molecule has 138 valence electrons. The lowest BCUT2D eigenvalue weighted by Crippen LogP contribution is -2.32. The minimum absolute atomic E-state index is 0.129. The molecule has 2 aromatic rings. The van der Waals surface area contributed by atoms with Crippen molar-refractivity contribution in [1.29, 1.82) is 0 Å². The van der Waals surface area contributed by atoms with E-state index in [0.29, 0.717) is 37.6 Å². The Morgan fingerprint density at radius 1 is 1.12 bits per heavy atom. The Kier molecular flexibility index (Phi) is 6.12. The van der Waals surface area contributed by atoms with Gasteiger partial charge in [0.25, 0.3) is 0 Å². The van der Waals surface area contributed by atoms with Crippen molar-refractivity contribution in [2.24, 2.45) is 0 Å². The molecular weight excluding hydrogens is 355 g/mol. The lowest BCUT2D eigenvalue weighted by Gasteiger charge is -2.22. The maximum atomic E-state index is 13.6. The van der Waals surface area contributed by atoms with E-state index in [0.717, 1.165) is 17.7 Å². The molecule has 0 aromatic heterocycles. The van der Waals surface area contributed by atoms with E-state index < -0.39 is 0 Å². The third-order valence-corrected chi connectivity index (χ3v) is 4.99. The van der Waals surface area contributed by atoms with E-state index in [1.807, 2.05) is 29.2 Å². The molecule has 1 heterocycles. The molecule has 1 aliphatic heterocycles. The minimum Gasteiger partial charge on any atom is -0.494 e. The van der Waals surface area contributed by atoms with Crippen LogP contribution in [0.1, 0.15) is 17.5 Å². The molecular formula is C20H22ClFN2O2. The summed E-state index contributed by atoms with van der Waals surface area (Å²) in [5.74, 6) is 0.00561. The number of methoxy groups -OCH3 is 1.